The molecule has 4 heteroatoms. The van der Waals surface area contributed by atoms with E-state index < -0.39 is 0 Å². The van der Waals surface area contributed by atoms with Crippen LogP contribution in [0.15, 0.2) is 36.5 Å². The van der Waals surface area contributed by atoms with E-state index in [-0.39, 0.29) is 0 Å². The molecule has 1 aliphatic heterocycles. The molecule has 3 rings (SSSR count). The zero-order valence-electron chi connectivity index (χ0n) is 11.4. The van der Waals surface area contributed by atoms with Crippen molar-refractivity contribution in [1.82, 2.24) is 15.1 Å². The van der Waals surface area contributed by atoms with Gasteiger partial charge in [0.2, 0.25) is 0 Å². The van der Waals surface area contributed by atoms with Gasteiger partial charge >= 0.3 is 0 Å². The second kappa shape index (κ2) is 5.05. The topological polar surface area (TPSA) is 44.0 Å². The minimum absolute atomic E-state index is 0.554. The number of hydrogen-bond acceptors (Lipinski definition) is 3. The molecule has 1 aromatic heterocycles. The van der Waals surface area contributed by atoms with Crippen LogP contribution < -0.4 is 5.32 Å². The lowest BCUT2D eigenvalue weighted by atomic mass is 10.1. The van der Waals surface area contributed by atoms with E-state index in [4.69, 9.17) is 0 Å². The third-order valence-electron chi connectivity index (χ3n) is 3.95. The molecular formula is C15H20N4. The first-order chi connectivity index (χ1) is 9.22. The number of rotatable bonds is 3. The van der Waals surface area contributed by atoms with E-state index in [1.165, 1.54) is 17.7 Å². The molecule has 100 valence electrons. The Bertz CT molecular complexity index is 508. The Labute approximate surface area is 113 Å². The van der Waals surface area contributed by atoms with Crippen molar-refractivity contribution >= 4 is 5.69 Å². The summed E-state index contributed by atoms with van der Waals surface area (Å²) in [5.41, 5.74) is 3.41. The maximum atomic E-state index is 3.97. The molecule has 1 aliphatic rings. The highest BCUT2D eigenvalue weighted by Gasteiger charge is 2.25. The van der Waals surface area contributed by atoms with E-state index in [1.807, 2.05) is 6.07 Å². The summed E-state index contributed by atoms with van der Waals surface area (Å²) >= 11 is 0. The lowest BCUT2D eigenvalue weighted by Gasteiger charge is -2.14. The number of anilines is 1. The van der Waals surface area contributed by atoms with Gasteiger partial charge in [0.05, 0.1) is 5.69 Å². The van der Waals surface area contributed by atoms with Gasteiger partial charge in [0.1, 0.15) is 0 Å². The van der Waals surface area contributed by atoms with Crippen molar-refractivity contribution in [2.75, 3.05) is 18.9 Å². The summed E-state index contributed by atoms with van der Waals surface area (Å²) in [6.07, 6.45) is 2.98. The molecule has 4 nitrogen and oxygen atoms in total. The van der Waals surface area contributed by atoms with Gasteiger partial charge in [0, 0.05) is 30.5 Å². The lowest BCUT2D eigenvalue weighted by Crippen LogP contribution is -2.24. The van der Waals surface area contributed by atoms with Crippen molar-refractivity contribution in [1.29, 1.82) is 0 Å². The van der Waals surface area contributed by atoms with Crippen LogP contribution >= 0.6 is 0 Å². The fourth-order valence-electron chi connectivity index (χ4n) is 2.70. The molecular weight excluding hydrogens is 236 g/mol. The standard InChI is InChI=1S/C15H20N4/c1-11-9-14(10-19(11)2)17-13-5-3-12(4-6-13)15-7-8-16-18-15/h3-8,11,14,17H,9-10H2,1-2H3,(H,16,18). The SMILES string of the molecule is CC1CC(Nc2ccc(-c3ccn[nH]3)cc2)CN1C. The van der Waals surface area contributed by atoms with Crippen LogP contribution in [0.5, 0.6) is 0 Å². The minimum Gasteiger partial charge on any atom is -0.381 e. The maximum absolute atomic E-state index is 3.97. The first-order valence-electron chi connectivity index (χ1n) is 6.79. The Balaban J connectivity index is 1.67. The van der Waals surface area contributed by atoms with E-state index in [9.17, 15) is 0 Å². The monoisotopic (exact) mass is 256 g/mol. The Morgan fingerprint density at radius 3 is 2.63 bits per heavy atom. The summed E-state index contributed by atoms with van der Waals surface area (Å²) in [6, 6.07) is 11.7. The van der Waals surface area contributed by atoms with Crippen LogP contribution in [0.4, 0.5) is 5.69 Å². The molecule has 0 radical (unpaired) electrons. The summed E-state index contributed by atoms with van der Waals surface area (Å²) in [7, 11) is 2.19. The number of hydrogen-bond donors (Lipinski definition) is 2. The summed E-state index contributed by atoms with van der Waals surface area (Å²) in [6.45, 7) is 3.40. The highest BCUT2D eigenvalue weighted by Crippen LogP contribution is 2.22. The molecule has 2 N–H and O–H groups in total. The van der Waals surface area contributed by atoms with Crippen molar-refractivity contribution in [3.05, 3.63) is 36.5 Å². The van der Waals surface area contributed by atoms with E-state index in [1.54, 1.807) is 6.20 Å². The summed E-state index contributed by atoms with van der Waals surface area (Å²) < 4.78 is 0. The van der Waals surface area contributed by atoms with Gasteiger partial charge in [0.15, 0.2) is 0 Å². The molecule has 19 heavy (non-hydrogen) atoms. The number of benzene rings is 1. The summed E-state index contributed by atoms with van der Waals surface area (Å²) in [4.78, 5) is 2.40. The van der Waals surface area contributed by atoms with Gasteiger partial charge in [-0.15, -0.1) is 0 Å². The van der Waals surface area contributed by atoms with Crippen molar-refractivity contribution < 1.29 is 0 Å². The van der Waals surface area contributed by atoms with Crippen molar-refractivity contribution in [2.24, 2.45) is 0 Å². The van der Waals surface area contributed by atoms with Crippen molar-refractivity contribution in [2.45, 2.75) is 25.4 Å². The summed E-state index contributed by atoms with van der Waals surface area (Å²) in [5, 5.41) is 10.6. The number of aromatic nitrogens is 2. The maximum Gasteiger partial charge on any atom is 0.0650 e. The Morgan fingerprint density at radius 2 is 2.05 bits per heavy atom. The molecule has 0 bridgehead atoms. The minimum atomic E-state index is 0.554. The molecule has 2 aromatic rings. The zero-order chi connectivity index (χ0) is 13.2. The highest BCUT2D eigenvalue weighted by molar-refractivity contribution is 5.62. The number of likely N-dealkylation sites (N-methyl/N-ethyl adjacent to an activating group) is 1. The predicted molar refractivity (Wildman–Crippen MR) is 78.1 cm³/mol. The van der Waals surface area contributed by atoms with E-state index in [2.05, 4.69) is 58.7 Å². The molecule has 0 saturated carbocycles. The van der Waals surface area contributed by atoms with Crippen LogP contribution in [0.2, 0.25) is 0 Å². The fraction of sp³-hybridized carbons (Fsp3) is 0.400. The molecule has 2 atom stereocenters. The van der Waals surface area contributed by atoms with Crippen LogP contribution in [0, 0.1) is 0 Å². The second-order valence-corrected chi connectivity index (χ2v) is 5.41. The third-order valence-corrected chi connectivity index (χ3v) is 3.95. The van der Waals surface area contributed by atoms with Gasteiger partial charge < -0.3 is 10.2 Å². The number of H-pyrrole nitrogens is 1. The molecule has 2 unspecified atom stereocenters. The molecule has 0 spiro atoms. The van der Waals surface area contributed by atoms with Gasteiger partial charge in [-0.1, -0.05) is 12.1 Å². The van der Waals surface area contributed by atoms with Crippen LogP contribution in [-0.2, 0) is 0 Å². The smallest absolute Gasteiger partial charge is 0.0650 e. The van der Waals surface area contributed by atoms with Gasteiger partial charge in [-0.2, -0.15) is 5.10 Å². The predicted octanol–water partition coefficient (Wildman–Crippen LogP) is 2.58. The first-order valence-corrected chi connectivity index (χ1v) is 6.79. The van der Waals surface area contributed by atoms with E-state index >= 15 is 0 Å². The number of likely N-dealkylation sites (tertiary alicyclic amines) is 1. The average Bonchev–Trinajstić information content (AvgIpc) is 3.02. The average molecular weight is 256 g/mol. The Kier molecular flexibility index (Phi) is 3.25. The third kappa shape index (κ3) is 2.63. The van der Waals surface area contributed by atoms with Crippen LogP contribution in [0.25, 0.3) is 11.3 Å². The van der Waals surface area contributed by atoms with Crippen LogP contribution in [0.1, 0.15) is 13.3 Å². The van der Waals surface area contributed by atoms with E-state index in [0.717, 1.165) is 12.2 Å². The number of aromatic amines is 1. The molecule has 1 saturated heterocycles. The normalized spacial score (nSPS) is 23.7. The molecule has 1 fully saturated rings. The van der Waals surface area contributed by atoms with Gasteiger partial charge in [-0.05, 0) is 44.2 Å². The van der Waals surface area contributed by atoms with Crippen LogP contribution in [0.3, 0.4) is 0 Å². The first kappa shape index (κ1) is 12.2. The Hall–Kier alpha value is -1.81. The highest BCUT2D eigenvalue weighted by atomic mass is 15.2. The van der Waals surface area contributed by atoms with Crippen molar-refractivity contribution in [3.63, 3.8) is 0 Å². The second-order valence-electron chi connectivity index (χ2n) is 5.41. The number of nitrogens with one attached hydrogen (secondary N) is 2. The molecule has 2 heterocycles. The zero-order valence-corrected chi connectivity index (χ0v) is 11.4. The largest absolute Gasteiger partial charge is 0.381 e. The fourth-order valence-corrected chi connectivity index (χ4v) is 2.70. The molecule has 0 amide bonds. The van der Waals surface area contributed by atoms with Crippen LogP contribution in [-0.4, -0.2) is 40.8 Å². The Morgan fingerprint density at radius 1 is 1.26 bits per heavy atom. The lowest BCUT2D eigenvalue weighted by molar-refractivity contribution is 0.330. The van der Waals surface area contributed by atoms with Gasteiger partial charge in [-0.3, -0.25) is 5.10 Å². The molecule has 0 aliphatic carbocycles. The quantitative estimate of drug-likeness (QED) is 0.887. The number of nitrogens with zero attached hydrogens (tertiary/aromatic N) is 2. The molecule has 1 aromatic carbocycles. The van der Waals surface area contributed by atoms with Gasteiger partial charge in [-0.25, -0.2) is 0 Å². The summed E-state index contributed by atoms with van der Waals surface area (Å²) in [5.74, 6) is 0. The van der Waals surface area contributed by atoms with Gasteiger partial charge in [0.25, 0.3) is 0 Å². The van der Waals surface area contributed by atoms with E-state index in [0.29, 0.717) is 12.1 Å². The van der Waals surface area contributed by atoms with Crippen molar-refractivity contribution in [3.8, 4) is 11.3 Å².